The van der Waals surface area contributed by atoms with Crippen LogP contribution in [0.5, 0.6) is 5.75 Å². The van der Waals surface area contributed by atoms with E-state index >= 15 is 0 Å². The number of alkyl halides is 6. The number of hydrogen-bond acceptors (Lipinski definition) is 3. The molecule has 2 aromatic rings. The summed E-state index contributed by atoms with van der Waals surface area (Å²) in [7, 11) is 0. The van der Waals surface area contributed by atoms with Crippen LogP contribution in [-0.4, -0.2) is 25.9 Å². The number of rotatable bonds is 1. The maximum atomic E-state index is 12.7. The molecule has 0 aromatic carbocycles. The second kappa shape index (κ2) is 4.00. The van der Waals surface area contributed by atoms with E-state index in [2.05, 4.69) is 10.2 Å². The first-order valence-electron chi connectivity index (χ1n) is 4.79. The van der Waals surface area contributed by atoms with Crippen molar-refractivity contribution in [2.24, 2.45) is 0 Å². The van der Waals surface area contributed by atoms with Gasteiger partial charge in [0.15, 0.2) is 5.65 Å². The first-order valence-corrected chi connectivity index (χ1v) is 4.79. The minimum Gasteiger partial charge on any atom is -0.507 e. The van der Waals surface area contributed by atoms with E-state index in [9.17, 15) is 26.3 Å². The monoisotopic (exact) mass is 285 g/mol. The largest absolute Gasteiger partial charge is 0.507 e. The summed E-state index contributed by atoms with van der Waals surface area (Å²) in [5.74, 6) is -1.81. The first kappa shape index (κ1) is 13.4. The van der Waals surface area contributed by atoms with Gasteiger partial charge in [0.05, 0.1) is 0 Å². The van der Waals surface area contributed by atoms with Crippen LogP contribution in [0.4, 0.5) is 26.3 Å². The van der Waals surface area contributed by atoms with Gasteiger partial charge in [0.2, 0.25) is 0 Å². The fourth-order valence-electron chi connectivity index (χ4n) is 1.57. The van der Waals surface area contributed by atoms with E-state index in [-0.39, 0.29) is 0 Å². The van der Waals surface area contributed by atoms with Crippen molar-refractivity contribution < 1.29 is 31.4 Å². The molecule has 2 rings (SSSR count). The Hall–Kier alpha value is -2.00. The molecule has 2 aromatic heterocycles. The summed E-state index contributed by atoms with van der Waals surface area (Å²) in [6.07, 6.45) is -10.2. The number of aromatic nitrogens is 3. The van der Waals surface area contributed by atoms with Gasteiger partial charge in [0, 0.05) is 6.20 Å². The average molecular weight is 285 g/mol. The van der Waals surface area contributed by atoms with Gasteiger partial charge in [-0.15, -0.1) is 10.2 Å². The third kappa shape index (κ3) is 2.56. The summed E-state index contributed by atoms with van der Waals surface area (Å²) in [6, 6.07) is 0.638. The molecule has 0 amide bonds. The Balaban J connectivity index is 2.64. The first-order chi connectivity index (χ1) is 8.59. The van der Waals surface area contributed by atoms with Gasteiger partial charge in [-0.25, -0.2) is 0 Å². The minimum absolute atomic E-state index is 0.552. The quantitative estimate of drug-likeness (QED) is 0.819. The van der Waals surface area contributed by atoms with Crippen molar-refractivity contribution in [2.75, 3.05) is 0 Å². The number of fused-ring (bicyclic) bond motifs is 1. The summed E-state index contributed by atoms with van der Waals surface area (Å²) in [4.78, 5) is 0. The highest BCUT2D eigenvalue weighted by Gasteiger charge is 2.39. The molecule has 104 valence electrons. The highest BCUT2D eigenvalue weighted by Crippen LogP contribution is 2.38. The summed E-state index contributed by atoms with van der Waals surface area (Å²) in [5, 5.41) is 15.3. The zero-order valence-electron chi connectivity index (χ0n) is 8.92. The van der Waals surface area contributed by atoms with Crippen LogP contribution in [0.15, 0.2) is 12.3 Å². The van der Waals surface area contributed by atoms with Gasteiger partial charge in [0.25, 0.3) is 0 Å². The van der Waals surface area contributed by atoms with Crippen LogP contribution in [-0.2, 0) is 12.6 Å². The number of nitrogens with zero attached hydrogens (tertiary/aromatic N) is 3. The van der Waals surface area contributed by atoms with Gasteiger partial charge in [-0.3, -0.25) is 4.40 Å². The Morgan fingerprint density at radius 1 is 1.11 bits per heavy atom. The molecule has 0 aliphatic heterocycles. The van der Waals surface area contributed by atoms with E-state index in [4.69, 9.17) is 5.11 Å². The van der Waals surface area contributed by atoms with Gasteiger partial charge in [0.1, 0.15) is 23.6 Å². The summed E-state index contributed by atoms with van der Waals surface area (Å²) in [6.45, 7) is 0. The summed E-state index contributed by atoms with van der Waals surface area (Å²) >= 11 is 0. The topological polar surface area (TPSA) is 50.4 Å². The smallest absolute Gasteiger partial charge is 0.423 e. The van der Waals surface area contributed by atoms with Crippen LogP contribution in [0.2, 0.25) is 0 Å². The maximum Gasteiger partial charge on any atom is 0.423 e. The van der Waals surface area contributed by atoms with Gasteiger partial charge in [-0.2, -0.15) is 26.3 Å². The minimum atomic E-state index is -4.95. The molecule has 2 heterocycles. The molecule has 1 N–H and O–H groups in total. The Kier molecular flexibility index (Phi) is 2.83. The lowest BCUT2D eigenvalue weighted by Gasteiger charge is -2.10. The lowest BCUT2D eigenvalue weighted by molar-refractivity contribution is -0.137. The molecule has 0 aliphatic rings. The lowest BCUT2D eigenvalue weighted by Crippen LogP contribution is -2.14. The molecule has 19 heavy (non-hydrogen) atoms. The molecule has 0 fully saturated rings. The van der Waals surface area contributed by atoms with Crippen LogP contribution < -0.4 is 0 Å². The van der Waals surface area contributed by atoms with Crippen molar-refractivity contribution in [3.8, 4) is 5.75 Å². The Morgan fingerprint density at radius 3 is 2.26 bits per heavy atom. The number of pyridine rings is 1. The predicted octanol–water partition coefficient (Wildman–Crippen LogP) is 2.56. The van der Waals surface area contributed by atoms with Crippen LogP contribution in [0.3, 0.4) is 0 Å². The predicted molar refractivity (Wildman–Crippen MR) is 49.4 cm³/mol. The van der Waals surface area contributed by atoms with Gasteiger partial charge in [-0.1, -0.05) is 0 Å². The summed E-state index contributed by atoms with van der Waals surface area (Å²) < 4.78 is 75.2. The van der Waals surface area contributed by atoms with Crippen LogP contribution in [0.25, 0.3) is 5.65 Å². The normalized spacial score (nSPS) is 13.2. The third-order valence-corrected chi connectivity index (χ3v) is 2.27. The van der Waals surface area contributed by atoms with E-state index in [0.717, 1.165) is 6.20 Å². The van der Waals surface area contributed by atoms with E-state index < -0.39 is 41.6 Å². The van der Waals surface area contributed by atoms with Crippen LogP contribution in [0.1, 0.15) is 11.4 Å². The molecule has 0 atom stereocenters. The zero-order chi connectivity index (χ0) is 14.4. The third-order valence-electron chi connectivity index (χ3n) is 2.27. The van der Waals surface area contributed by atoms with Crippen molar-refractivity contribution >= 4 is 5.65 Å². The Bertz CT molecular complexity index is 615. The molecule has 10 heteroatoms. The SMILES string of the molecule is Oc1ccn2c(CC(F)(F)F)nnc2c1C(F)(F)F. The number of halogens is 6. The van der Waals surface area contributed by atoms with Crippen molar-refractivity contribution in [3.05, 3.63) is 23.7 Å². The van der Waals surface area contributed by atoms with E-state index in [0.29, 0.717) is 10.5 Å². The fraction of sp³-hybridized carbons (Fsp3) is 0.333. The van der Waals surface area contributed by atoms with E-state index in [1.165, 1.54) is 0 Å². The maximum absolute atomic E-state index is 12.7. The van der Waals surface area contributed by atoms with Crippen LogP contribution >= 0.6 is 0 Å². The number of aromatic hydroxyl groups is 1. The molecule has 0 saturated heterocycles. The lowest BCUT2D eigenvalue weighted by atomic mass is 10.2. The molecular formula is C9H5F6N3O. The molecule has 0 saturated carbocycles. The second-order valence-corrected chi connectivity index (χ2v) is 3.68. The molecule has 0 aliphatic carbocycles. The standard InChI is InChI=1S/C9H5F6N3O/c10-8(11,12)3-5-16-17-7-6(9(13,14)15)4(19)1-2-18(5)7/h1-2,19H,3H2. The highest BCUT2D eigenvalue weighted by atomic mass is 19.4. The Labute approximate surface area is 101 Å². The molecule has 0 spiro atoms. The van der Waals surface area contributed by atoms with Gasteiger partial charge >= 0.3 is 12.4 Å². The second-order valence-electron chi connectivity index (χ2n) is 3.68. The van der Waals surface area contributed by atoms with E-state index in [1.54, 1.807) is 0 Å². The van der Waals surface area contributed by atoms with Crippen molar-refractivity contribution in [1.82, 2.24) is 14.6 Å². The number of hydrogen-bond donors (Lipinski definition) is 1. The van der Waals surface area contributed by atoms with Crippen molar-refractivity contribution in [2.45, 2.75) is 18.8 Å². The highest BCUT2D eigenvalue weighted by molar-refractivity contribution is 5.56. The molecule has 0 radical (unpaired) electrons. The average Bonchev–Trinajstić information content (AvgIpc) is 2.56. The van der Waals surface area contributed by atoms with Gasteiger partial charge in [-0.05, 0) is 6.07 Å². The summed E-state index contributed by atoms with van der Waals surface area (Å²) in [5.41, 5.74) is -2.39. The van der Waals surface area contributed by atoms with Crippen molar-refractivity contribution in [1.29, 1.82) is 0 Å². The van der Waals surface area contributed by atoms with Crippen LogP contribution in [0, 0.1) is 0 Å². The Morgan fingerprint density at radius 2 is 1.74 bits per heavy atom. The zero-order valence-corrected chi connectivity index (χ0v) is 8.92. The molecule has 0 unspecified atom stereocenters. The molecule has 0 bridgehead atoms. The molecular weight excluding hydrogens is 280 g/mol. The fourth-order valence-corrected chi connectivity index (χ4v) is 1.57. The van der Waals surface area contributed by atoms with E-state index in [1.807, 2.05) is 0 Å². The van der Waals surface area contributed by atoms with Crippen molar-refractivity contribution in [3.63, 3.8) is 0 Å². The van der Waals surface area contributed by atoms with Gasteiger partial charge < -0.3 is 5.11 Å². The molecule has 4 nitrogen and oxygen atoms in total.